The van der Waals surface area contributed by atoms with E-state index in [0.29, 0.717) is 0 Å². The molecule has 0 unspecified atom stereocenters. The highest BCUT2D eigenvalue weighted by atomic mass is 16.3. The molecule has 4 nitrogen and oxygen atoms in total. The van der Waals surface area contributed by atoms with E-state index in [1.165, 1.54) is 5.52 Å². The first-order valence-electron chi connectivity index (χ1n) is 8.51. The Kier molecular flexibility index (Phi) is 3.12. The fourth-order valence-corrected chi connectivity index (χ4v) is 3.52. The quantitative estimate of drug-likeness (QED) is 0.497. The van der Waals surface area contributed by atoms with Gasteiger partial charge in [0.1, 0.15) is 0 Å². The summed E-state index contributed by atoms with van der Waals surface area (Å²) in [6, 6.07) is 18.3. The van der Waals surface area contributed by atoms with E-state index in [0.717, 1.165) is 33.0 Å². The molecule has 0 atom stereocenters. The van der Waals surface area contributed by atoms with E-state index < -0.39 is 0 Å². The van der Waals surface area contributed by atoms with E-state index in [-0.39, 0.29) is 5.88 Å². The molecule has 0 aliphatic rings. The van der Waals surface area contributed by atoms with Crippen molar-refractivity contribution in [3.63, 3.8) is 0 Å². The zero-order valence-electron chi connectivity index (χ0n) is 14.3. The molecule has 0 amide bonds. The number of aromatic nitrogens is 3. The molecule has 0 aliphatic heterocycles. The third-order valence-electron chi connectivity index (χ3n) is 4.93. The van der Waals surface area contributed by atoms with Crippen LogP contribution in [0.15, 0.2) is 79.4 Å². The maximum atomic E-state index is 10.8. The first-order chi connectivity index (χ1) is 12.7. The van der Waals surface area contributed by atoms with E-state index in [4.69, 9.17) is 0 Å². The standard InChI is InChI=1S/C22H17N3O/c1-24-10-8-16-11-19(6-7-21(16)24)25-14-18-5-4-15(12-20(18)22(25)26)17-3-2-9-23-13-17/h2-14,26H,1H3. The van der Waals surface area contributed by atoms with Crippen LogP contribution in [0.25, 0.3) is 38.5 Å². The minimum Gasteiger partial charge on any atom is -0.494 e. The third kappa shape index (κ3) is 2.19. The van der Waals surface area contributed by atoms with E-state index >= 15 is 0 Å². The van der Waals surface area contributed by atoms with Gasteiger partial charge in [0.2, 0.25) is 5.88 Å². The predicted molar refractivity (Wildman–Crippen MR) is 105 cm³/mol. The molecule has 3 aromatic heterocycles. The molecule has 1 N–H and O–H groups in total. The summed E-state index contributed by atoms with van der Waals surface area (Å²) < 4.78 is 3.93. The maximum Gasteiger partial charge on any atom is 0.203 e. The first kappa shape index (κ1) is 14.8. The van der Waals surface area contributed by atoms with Crippen molar-refractivity contribution in [3.8, 4) is 22.7 Å². The molecule has 0 spiro atoms. The Morgan fingerprint density at radius 3 is 2.69 bits per heavy atom. The monoisotopic (exact) mass is 339 g/mol. The summed E-state index contributed by atoms with van der Waals surface area (Å²) in [6.07, 6.45) is 7.61. The van der Waals surface area contributed by atoms with Gasteiger partial charge in [-0.2, -0.15) is 0 Å². The van der Waals surface area contributed by atoms with Crippen LogP contribution < -0.4 is 0 Å². The normalized spacial score (nSPS) is 11.4. The third-order valence-corrected chi connectivity index (χ3v) is 4.93. The van der Waals surface area contributed by atoms with Gasteiger partial charge in [-0.15, -0.1) is 0 Å². The van der Waals surface area contributed by atoms with Crippen LogP contribution in [0.5, 0.6) is 5.88 Å². The fourth-order valence-electron chi connectivity index (χ4n) is 3.52. The summed E-state index contributed by atoms with van der Waals surface area (Å²) in [5.74, 6) is 0.251. The molecule has 0 bridgehead atoms. The number of nitrogens with zero attached hydrogens (tertiary/aromatic N) is 3. The van der Waals surface area contributed by atoms with Crippen LogP contribution in [0.1, 0.15) is 0 Å². The van der Waals surface area contributed by atoms with Crippen molar-refractivity contribution >= 4 is 21.7 Å². The van der Waals surface area contributed by atoms with Gasteiger partial charge in [0.15, 0.2) is 0 Å². The summed E-state index contributed by atoms with van der Waals surface area (Å²) in [4.78, 5) is 4.18. The van der Waals surface area contributed by atoms with Gasteiger partial charge < -0.3 is 9.67 Å². The number of rotatable bonds is 2. The summed E-state index contributed by atoms with van der Waals surface area (Å²) in [5, 5.41) is 13.8. The molecular weight excluding hydrogens is 322 g/mol. The van der Waals surface area contributed by atoms with Crippen molar-refractivity contribution in [2.75, 3.05) is 0 Å². The number of aromatic hydroxyl groups is 1. The molecule has 2 aromatic carbocycles. The van der Waals surface area contributed by atoms with E-state index in [1.807, 2.05) is 60.5 Å². The van der Waals surface area contributed by atoms with Crippen molar-refractivity contribution in [1.82, 2.24) is 14.1 Å². The zero-order valence-corrected chi connectivity index (χ0v) is 14.3. The Morgan fingerprint density at radius 2 is 1.85 bits per heavy atom. The topological polar surface area (TPSA) is 43.0 Å². The van der Waals surface area contributed by atoms with Crippen molar-refractivity contribution < 1.29 is 5.11 Å². The van der Waals surface area contributed by atoms with Gasteiger partial charge in [0.25, 0.3) is 0 Å². The molecule has 5 rings (SSSR count). The van der Waals surface area contributed by atoms with E-state index in [2.05, 4.69) is 33.8 Å². The molecule has 126 valence electrons. The molecule has 0 aliphatic carbocycles. The van der Waals surface area contributed by atoms with E-state index in [1.54, 1.807) is 6.20 Å². The molecule has 3 heterocycles. The van der Waals surface area contributed by atoms with Gasteiger partial charge in [-0.25, -0.2) is 0 Å². The molecule has 0 saturated heterocycles. The van der Waals surface area contributed by atoms with Crippen molar-refractivity contribution in [3.05, 3.63) is 79.4 Å². The molecule has 0 fully saturated rings. The Balaban J connectivity index is 1.67. The van der Waals surface area contributed by atoms with Crippen LogP contribution in [0.3, 0.4) is 0 Å². The molecule has 26 heavy (non-hydrogen) atoms. The highest BCUT2D eigenvalue weighted by Gasteiger charge is 2.12. The average Bonchev–Trinajstić information content (AvgIpc) is 3.22. The summed E-state index contributed by atoms with van der Waals surface area (Å²) in [5.41, 5.74) is 4.19. The van der Waals surface area contributed by atoms with E-state index in [9.17, 15) is 5.11 Å². The van der Waals surface area contributed by atoms with Crippen molar-refractivity contribution in [1.29, 1.82) is 0 Å². The van der Waals surface area contributed by atoms with Gasteiger partial charge >= 0.3 is 0 Å². The highest BCUT2D eigenvalue weighted by Crippen LogP contribution is 2.34. The van der Waals surface area contributed by atoms with Gasteiger partial charge in [-0.05, 0) is 42.0 Å². The summed E-state index contributed by atoms with van der Waals surface area (Å²) in [7, 11) is 2.03. The average molecular weight is 339 g/mol. The molecule has 0 radical (unpaired) electrons. The van der Waals surface area contributed by atoms with Gasteiger partial charge in [-0.3, -0.25) is 9.55 Å². The number of hydrogen-bond acceptors (Lipinski definition) is 2. The molecule has 4 heteroatoms. The van der Waals surface area contributed by atoms with Crippen LogP contribution in [0.4, 0.5) is 0 Å². The van der Waals surface area contributed by atoms with Crippen LogP contribution in [-0.4, -0.2) is 19.2 Å². The Labute approximate surface area is 150 Å². The van der Waals surface area contributed by atoms with Crippen molar-refractivity contribution in [2.45, 2.75) is 0 Å². The molecule has 0 saturated carbocycles. The largest absolute Gasteiger partial charge is 0.494 e. The second kappa shape index (κ2) is 5.49. The minimum absolute atomic E-state index is 0.251. The van der Waals surface area contributed by atoms with Gasteiger partial charge in [0.05, 0.1) is 0 Å². The first-order valence-corrected chi connectivity index (χ1v) is 8.51. The minimum atomic E-state index is 0.251. The lowest BCUT2D eigenvalue weighted by Crippen LogP contribution is -1.91. The highest BCUT2D eigenvalue weighted by molar-refractivity contribution is 5.93. The fraction of sp³-hybridized carbons (Fsp3) is 0.0455. The van der Waals surface area contributed by atoms with Crippen molar-refractivity contribution in [2.24, 2.45) is 7.05 Å². The summed E-state index contributed by atoms with van der Waals surface area (Å²) in [6.45, 7) is 0. The van der Waals surface area contributed by atoms with Crippen LogP contribution >= 0.6 is 0 Å². The molecule has 5 aromatic rings. The predicted octanol–water partition coefficient (Wildman–Crippen LogP) is 4.89. The van der Waals surface area contributed by atoms with Crippen LogP contribution in [-0.2, 0) is 7.05 Å². The SMILES string of the molecule is Cn1ccc2cc(-n3cc4ccc(-c5cccnc5)cc4c3O)ccc21. The smallest absolute Gasteiger partial charge is 0.203 e. The zero-order chi connectivity index (χ0) is 17.7. The lowest BCUT2D eigenvalue weighted by Gasteiger charge is -2.06. The number of hydrogen-bond donors (Lipinski definition) is 1. The number of benzene rings is 2. The summed E-state index contributed by atoms with van der Waals surface area (Å²) >= 11 is 0. The Hall–Kier alpha value is -3.53. The number of fused-ring (bicyclic) bond motifs is 2. The van der Waals surface area contributed by atoms with Crippen LogP contribution in [0, 0.1) is 0 Å². The number of aryl methyl sites for hydroxylation is 1. The Bertz CT molecular complexity index is 1250. The number of pyridine rings is 1. The second-order valence-electron chi connectivity index (χ2n) is 6.54. The van der Waals surface area contributed by atoms with Gasteiger partial charge in [0, 0.05) is 64.8 Å². The lowest BCUT2D eigenvalue weighted by atomic mass is 10.1. The lowest BCUT2D eigenvalue weighted by molar-refractivity contribution is 0.448. The maximum absolute atomic E-state index is 10.8. The van der Waals surface area contributed by atoms with Crippen LogP contribution in [0.2, 0.25) is 0 Å². The second-order valence-corrected chi connectivity index (χ2v) is 6.54. The Morgan fingerprint density at radius 1 is 0.923 bits per heavy atom. The molecular formula is C22H17N3O. The van der Waals surface area contributed by atoms with Gasteiger partial charge in [-0.1, -0.05) is 18.2 Å².